The molecule has 0 aliphatic heterocycles. The van der Waals surface area contributed by atoms with Crippen LogP contribution in [0.4, 0.5) is 0 Å². The van der Waals surface area contributed by atoms with Crippen molar-refractivity contribution in [3.63, 3.8) is 0 Å². The molecule has 33 heavy (non-hydrogen) atoms. The summed E-state index contributed by atoms with van der Waals surface area (Å²) in [5.74, 6) is 0.478. The van der Waals surface area contributed by atoms with Crippen LogP contribution in [0.1, 0.15) is 5.56 Å². The topological polar surface area (TPSA) is 106 Å². The van der Waals surface area contributed by atoms with Gasteiger partial charge in [0.25, 0.3) is 11.5 Å². The molecule has 0 unspecified atom stereocenters. The van der Waals surface area contributed by atoms with Crippen LogP contribution in [-0.2, 0) is 4.79 Å². The molecule has 0 atom stereocenters. The molecule has 0 bridgehead atoms. The number of nitrogens with one attached hydrogen (secondary N) is 1. The molecule has 9 heteroatoms. The van der Waals surface area contributed by atoms with Gasteiger partial charge >= 0.3 is 0 Å². The first-order valence-electron chi connectivity index (χ1n) is 9.95. The Labute approximate surface area is 193 Å². The van der Waals surface area contributed by atoms with Crippen LogP contribution in [0.3, 0.4) is 0 Å². The quantitative estimate of drug-likeness (QED) is 0.190. The number of fused-ring (bicyclic) bond motifs is 1. The highest BCUT2D eigenvalue weighted by Crippen LogP contribution is 2.22. The zero-order valence-electron chi connectivity index (χ0n) is 17.6. The number of benzene rings is 3. The van der Waals surface area contributed by atoms with Crippen molar-refractivity contribution in [2.45, 2.75) is 5.16 Å². The summed E-state index contributed by atoms with van der Waals surface area (Å²) in [6.45, 7) is 0. The van der Waals surface area contributed by atoms with E-state index in [9.17, 15) is 14.7 Å². The lowest BCUT2D eigenvalue weighted by Crippen LogP contribution is -2.24. The fourth-order valence-electron chi connectivity index (χ4n) is 3.07. The fourth-order valence-corrected chi connectivity index (χ4v) is 3.87. The number of ether oxygens (including phenoxy) is 1. The number of methoxy groups -OCH3 is 1. The molecular formula is C24H20N4O4S. The molecule has 2 N–H and O–H groups in total. The number of rotatable bonds is 7. The second kappa shape index (κ2) is 10.0. The molecule has 166 valence electrons. The normalized spacial score (nSPS) is 11.1. The van der Waals surface area contributed by atoms with Gasteiger partial charge in [-0.15, -0.1) is 0 Å². The van der Waals surface area contributed by atoms with Gasteiger partial charge in [0, 0.05) is 0 Å². The van der Waals surface area contributed by atoms with E-state index in [0.717, 1.165) is 17.3 Å². The van der Waals surface area contributed by atoms with Gasteiger partial charge in [-0.25, -0.2) is 10.4 Å². The minimum atomic E-state index is -0.348. The van der Waals surface area contributed by atoms with Crippen molar-refractivity contribution in [3.05, 3.63) is 88.7 Å². The summed E-state index contributed by atoms with van der Waals surface area (Å²) in [7, 11) is 1.57. The van der Waals surface area contributed by atoms with Crippen LogP contribution in [0.25, 0.3) is 16.6 Å². The second-order valence-electron chi connectivity index (χ2n) is 6.92. The van der Waals surface area contributed by atoms with Gasteiger partial charge in [0.1, 0.15) is 11.5 Å². The molecule has 0 saturated carbocycles. The number of hydrazone groups is 1. The van der Waals surface area contributed by atoms with Gasteiger partial charge < -0.3 is 9.84 Å². The molecule has 1 heterocycles. The summed E-state index contributed by atoms with van der Waals surface area (Å²) in [6.07, 6.45) is 1.48. The number of amides is 1. The van der Waals surface area contributed by atoms with E-state index >= 15 is 0 Å². The van der Waals surface area contributed by atoms with Crippen molar-refractivity contribution in [2.24, 2.45) is 5.10 Å². The van der Waals surface area contributed by atoms with Gasteiger partial charge in [-0.1, -0.05) is 23.9 Å². The second-order valence-corrected chi connectivity index (χ2v) is 7.87. The monoisotopic (exact) mass is 460 g/mol. The van der Waals surface area contributed by atoms with Crippen molar-refractivity contribution in [3.8, 4) is 17.2 Å². The lowest BCUT2D eigenvalue weighted by atomic mass is 10.2. The van der Waals surface area contributed by atoms with E-state index in [0.29, 0.717) is 27.5 Å². The zero-order valence-corrected chi connectivity index (χ0v) is 18.5. The van der Waals surface area contributed by atoms with E-state index in [1.54, 1.807) is 61.7 Å². The Balaban J connectivity index is 1.56. The fraction of sp³-hybridized carbons (Fsp3) is 0.0833. The number of hydrogen-bond donors (Lipinski definition) is 2. The molecule has 4 rings (SSSR count). The van der Waals surface area contributed by atoms with Gasteiger partial charge in [-0.2, -0.15) is 5.10 Å². The molecule has 1 aromatic heterocycles. The van der Waals surface area contributed by atoms with Crippen molar-refractivity contribution in [1.82, 2.24) is 15.0 Å². The third-order valence-electron chi connectivity index (χ3n) is 4.70. The van der Waals surface area contributed by atoms with Crippen molar-refractivity contribution < 1.29 is 14.6 Å². The number of carbonyl (C=O) groups excluding carboxylic acids is 1. The summed E-state index contributed by atoms with van der Waals surface area (Å²) in [6, 6.07) is 20.6. The molecule has 4 aromatic rings. The van der Waals surface area contributed by atoms with Crippen LogP contribution >= 0.6 is 11.8 Å². The number of thioether (sulfide) groups is 1. The van der Waals surface area contributed by atoms with Gasteiger partial charge in [0.2, 0.25) is 0 Å². The Bertz CT molecular complexity index is 1370. The number of hydrogen-bond acceptors (Lipinski definition) is 7. The third-order valence-corrected chi connectivity index (χ3v) is 5.64. The SMILES string of the molecule is COc1ccc(-n2c(SCC(=O)N/N=C/c3ccc(O)cc3)nc3ccccc3c2=O)cc1. The first-order chi connectivity index (χ1) is 16.0. The summed E-state index contributed by atoms with van der Waals surface area (Å²) in [4.78, 5) is 30.2. The molecule has 3 aromatic carbocycles. The van der Waals surface area contributed by atoms with Gasteiger partial charge in [-0.05, 0) is 66.2 Å². The van der Waals surface area contributed by atoms with E-state index in [1.165, 1.54) is 22.9 Å². The van der Waals surface area contributed by atoms with Crippen LogP contribution in [0.5, 0.6) is 11.5 Å². The molecule has 0 aliphatic rings. The Morgan fingerprint density at radius 2 is 1.85 bits per heavy atom. The first-order valence-corrected chi connectivity index (χ1v) is 10.9. The third kappa shape index (κ3) is 5.21. The minimum Gasteiger partial charge on any atom is -0.508 e. The summed E-state index contributed by atoms with van der Waals surface area (Å²) in [5, 5.41) is 14.1. The highest BCUT2D eigenvalue weighted by molar-refractivity contribution is 7.99. The van der Waals surface area contributed by atoms with Crippen molar-refractivity contribution >= 4 is 34.8 Å². The number of aromatic hydroxyl groups is 1. The number of aromatic nitrogens is 2. The van der Waals surface area contributed by atoms with Gasteiger partial charge in [0.15, 0.2) is 5.16 Å². The molecule has 1 amide bonds. The van der Waals surface area contributed by atoms with E-state index in [1.807, 2.05) is 6.07 Å². The predicted octanol–water partition coefficient (Wildman–Crippen LogP) is 3.34. The lowest BCUT2D eigenvalue weighted by molar-refractivity contribution is -0.118. The summed E-state index contributed by atoms with van der Waals surface area (Å²) < 4.78 is 6.69. The van der Waals surface area contributed by atoms with Gasteiger partial charge in [-0.3, -0.25) is 14.2 Å². The standard InChI is InChI=1S/C24H20N4O4S/c1-32-19-12-8-17(9-13-19)28-23(31)20-4-2-3-5-21(20)26-24(28)33-15-22(30)27-25-14-16-6-10-18(29)11-7-16/h2-14,29H,15H2,1H3,(H,27,30)/b25-14+. The zero-order chi connectivity index (χ0) is 23.2. The average Bonchev–Trinajstić information content (AvgIpc) is 2.84. The maximum absolute atomic E-state index is 13.2. The molecule has 0 aliphatic carbocycles. The van der Waals surface area contributed by atoms with Gasteiger partial charge in [0.05, 0.1) is 35.7 Å². The molecular weight excluding hydrogens is 440 g/mol. The van der Waals surface area contributed by atoms with E-state index in [4.69, 9.17) is 4.74 Å². The number of phenols is 1. The summed E-state index contributed by atoms with van der Waals surface area (Å²) in [5.41, 5.74) is 4.14. The van der Waals surface area contributed by atoms with E-state index in [-0.39, 0.29) is 23.0 Å². The summed E-state index contributed by atoms with van der Waals surface area (Å²) >= 11 is 1.14. The molecule has 0 spiro atoms. The Morgan fingerprint density at radius 1 is 1.12 bits per heavy atom. The minimum absolute atomic E-state index is 0.00779. The Kier molecular flexibility index (Phi) is 6.70. The maximum Gasteiger partial charge on any atom is 0.266 e. The highest BCUT2D eigenvalue weighted by Gasteiger charge is 2.15. The molecule has 0 fully saturated rings. The molecule has 0 saturated heterocycles. The molecule has 0 radical (unpaired) electrons. The van der Waals surface area contributed by atoms with Crippen LogP contribution in [-0.4, -0.2) is 39.6 Å². The van der Waals surface area contributed by atoms with Crippen LogP contribution in [0, 0.1) is 0 Å². The predicted molar refractivity (Wildman–Crippen MR) is 128 cm³/mol. The van der Waals surface area contributed by atoms with Crippen LogP contribution < -0.4 is 15.7 Å². The number of carbonyl (C=O) groups is 1. The number of nitrogens with zero attached hydrogens (tertiary/aromatic N) is 3. The smallest absolute Gasteiger partial charge is 0.266 e. The molecule has 8 nitrogen and oxygen atoms in total. The largest absolute Gasteiger partial charge is 0.508 e. The Morgan fingerprint density at radius 3 is 2.58 bits per heavy atom. The first kappa shape index (κ1) is 22.1. The van der Waals surface area contributed by atoms with Crippen LogP contribution in [0.15, 0.2) is 87.8 Å². The lowest BCUT2D eigenvalue weighted by Gasteiger charge is -2.13. The maximum atomic E-state index is 13.2. The van der Waals surface area contributed by atoms with Crippen molar-refractivity contribution in [1.29, 1.82) is 0 Å². The average molecular weight is 461 g/mol. The van der Waals surface area contributed by atoms with E-state index in [2.05, 4.69) is 15.5 Å². The highest BCUT2D eigenvalue weighted by atomic mass is 32.2. The van der Waals surface area contributed by atoms with Crippen molar-refractivity contribution in [2.75, 3.05) is 12.9 Å². The number of para-hydroxylation sites is 1. The number of phenolic OH excluding ortho intramolecular Hbond substituents is 1. The van der Waals surface area contributed by atoms with E-state index < -0.39 is 0 Å². The van der Waals surface area contributed by atoms with Crippen LogP contribution in [0.2, 0.25) is 0 Å². The Hall–Kier alpha value is -4.11.